The van der Waals surface area contributed by atoms with Crippen LogP contribution < -0.4 is 5.32 Å². The highest BCUT2D eigenvalue weighted by atomic mass is 32.2. The smallest absolute Gasteiger partial charge is 0.179 e. The van der Waals surface area contributed by atoms with Crippen molar-refractivity contribution in [1.29, 1.82) is 0 Å². The monoisotopic (exact) mass is 287 g/mol. The minimum atomic E-state index is -3.41. The SMILES string of the molecule is CNC(CS(=O)(=O)c1ccc(F)cc1)C1CCOC1. The van der Waals surface area contributed by atoms with Gasteiger partial charge in [-0.3, -0.25) is 0 Å². The Labute approximate surface area is 112 Å². The third-order valence-corrected chi connectivity index (χ3v) is 5.26. The first-order valence-corrected chi connectivity index (χ1v) is 7.91. The van der Waals surface area contributed by atoms with E-state index in [1.54, 1.807) is 7.05 Å². The second kappa shape index (κ2) is 5.98. The molecule has 106 valence electrons. The molecule has 0 spiro atoms. The molecule has 1 aromatic carbocycles. The molecule has 1 heterocycles. The minimum Gasteiger partial charge on any atom is -0.381 e. The molecule has 1 saturated heterocycles. The van der Waals surface area contributed by atoms with Crippen molar-refractivity contribution in [2.45, 2.75) is 17.4 Å². The lowest BCUT2D eigenvalue weighted by Crippen LogP contribution is -2.40. The summed E-state index contributed by atoms with van der Waals surface area (Å²) in [4.78, 5) is 0.160. The molecule has 0 amide bonds. The molecule has 4 nitrogen and oxygen atoms in total. The van der Waals surface area contributed by atoms with E-state index in [2.05, 4.69) is 5.32 Å². The second-order valence-electron chi connectivity index (χ2n) is 4.75. The Morgan fingerprint density at radius 2 is 2.11 bits per heavy atom. The van der Waals surface area contributed by atoms with E-state index in [1.165, 1.54) is 24.3 Å². The molecule has 1 aliphatic heterocycles. The van der Waals surface area contributed by atoms with E-state index in [0.29, 0.717) is 13.2 Å². The van der Waals surface area contributed by atoms with Crippen LogP contribution in [0.2, 0.25) is 0 Å². The van der Waals surface area contributed by atoms with Gasteiger partial charge in [-0.05, 0) is 37.7 Å². The Bertz CT molecular complexity index is 509. The van der Waals surface area contributed by atoms with Crippen LogP contribution in [0.3, 0.4) is 0 Å². The van der Waals surface area contributed by atoms with Gasteiger partial charge in [0.05, 0.1) is 17.3 Å². The van der Waals surface area contributed by atoms with Crippen molar-refractivity contribution in [2.24, 2.45) is 5.92 Å². The van der Waals surface area contributed by atoms with Crippen LogP contribution in [0, 0.1) is 11.7 Å². The van der Waals surface area contributed by atoms with Crippen LogP contribution in [0.4, 0.5) is 4.39 Å². The van der Waals surface area contributed by atoms with E-state index < -0.39 is 15.7 Å². The molecule has 2 rings (SSSR count). The van der Waals surface area contributed by atoms with Crippen molar-refractivity contribution in [3.63, 3.8) is 0 Å². The summed E-state index contributed by atoms with van der Waals surface area (Å²) >= 11 is 0. The molecule has 1 fully saturated rings. The summed E-state index contributed by atoms with van der Waals surface area (Å²) in [6.07, 6.45) is 0.866. The molecule has 2 atom stereocenters. The predicted octanol–water partition coefficient (Wildman–Crippen LogP) is 1.22. The average molecular weight is 287 g/mol. The third kappa shape index (κ3) is 3.52. The van der Waals surface area contributed by atoms with Gasteiger partial charge in [0, 0.05) is 18.6 Å². The Balaban J connectivity index is 2.13. The van der Waals surface area contributed by atoms with E-state index in [4.69, 9.17) is 4.74 Å². The van der Waals surface area contributed by atoms with Crippen LogP contribution in [0.1, 0.15) is 6.42 Å². The third-order valence-electron chi connectivity index (χ3n) is 3.48. The van der Waals surface area contributed by atoms with E-state index in [1.807, 2.05) is 0 Å². The van der Waals surface area contributed by atoms with Crippen LogP contribution in [0.5, 0.6) is 0 Å². The van der Waals surface area contributed by atoms with Crippen LogP contribution in [-0.4, -0.2) is 40.5 Å². The Hall–Kier alpha value is -0.980. The molecule has 1 aromatic rings. The summed E-state index contributed by atoms with van der Waals surface area (Å²) in [5, 5.41) is 3.05. The summed E-state index contributed by atoms with van der Waals surface area (Å²) in [5.74, 6) is -0.225. The zero-order valence-corrected chi connectivity index (χ0v) is 11.6. The highest BCUT2D eigenvalue weighted by molar-refractivity contribution is 7.91. The summed E-state index contributed by atoms with van der Waals surface area (Å²) in [6.45, 7) is 1.27. The first-order valence-electron chi connectivity index (χ1n) is 6.26. The average Bonchev–Trinajstić information content (AvgIpc) is 2.90. The standard InChI is InChI=1S/C13H18FNO3S/c1-15-13(10-6-7-18-8-10)9-19(16,17)12-4-2-11(14)3-5-12/h2-5,10,13,15H,6-9H2,1H3. The number of nitrogens with one attached hydrogen (secondary N) is 1. The fourth-order valence-corrected chi connectivity index (χ4v) is 3.95. The van der Waals surface area contributed by atoms with Crippen molar-refractivity contribution < 1.29 is 17.5 Å². The fourth-order valence-electron chi connectivity index (χ4n) is 2.30. The molecule has 6 heteroatoms. The first kappa shape index (κ1) is 14.4. The maximum Gasteiger partial charge on any atom is 0.179 e. The minimum absolute atomic E-state index is 0.00313. The second-order valence-corrected chi connectivity index (χ2v) is 6.79. The Morgan fingerprint density at radius 3 is 2.63 bits per heavy atom. The number of benzene rings is 1. The predicted molar refractivity (Wildman–Crippen MR) is 70.2 cm³/mol. The van der Waals surface area contributed by atoms with Crippen molar-refractivity contribution in [3.8, 4) is 0 Å². The molecule has 0 aromatic heterocycles. The van der Waals surface area contributed by atoms with Gasteiger partial charge in [0.2, 0.25) is 0 Å². The lowest BCUT2D eigenvalue weighted by Gasteiger charge is -2.21. The first-order chi connectivity index (χ1) is 9.03. The topological polar surface area (TPSA) is 55.4 Å². The molecule has 0 bridgehead atoms. The van der Waals surface area contributed by atoms with Crippen LogP contribution in [-0.2, 0) is 14.6 Å². The van der Waals surface area contributed by atoms with Gasteiger partial charge in [0.1, 0.15) is 5.82 Å². The number of hydrogen-bond donors (Lipinski definition) is 1. The normalized spacial score (nSPS) is 21.5. The van der Waals surface area contributed by atoms with Crippen LogP contribution >= 0.6 is 0 Å². The number of halogens is 1. The van der Waals surface area contributed by atoms with Gasteiger partial charge in [0.15, 0.2) is 9.84 Å². The van der Waals surface area contributed by atoms with E-state index in [9.17, 15) is 12.8 Å². The molecule has 1 aliphatic rings. The summed E-state index contributed by atoms with van der Waals surface area (Å²) in [5.41, 5.74) is 0. The van der Waals surface area contributed by atoms with Crippen LogP contribution in [0.25, 0.3) is 0 Å². The molecule has 0 saturated carbocycles. The van der Waals surface area contributed by atoms with Gasteiger partial charge in [-0.2, -0.15) is 0 Å². The Kier molecular flexibility index (Phi) is 4.54. The number of ether oxygens (including phenoxy) is 1. The molecule has 0 radical (unpaired) electrons. The summed E-state index contributed by atoms with van der Waals surface area (Å²) < 4.78 is 42.6. The number of sulfone groups is 1. The van der Waals surface area contributed by atoms with Crippen molar-refractivity contribution in [2.75, 3.05) is 26.0 Å². The molecule has 1 N–H and O–H groups in total. The lowest BCUT2D eigenvalue weighted by molar-refractivity contribution is 0.179. The summed E-state index contributed by atoms with van der Waals surface area (Å²) in [7, 11) is -1.66. The molecular formula is C13H18FNO3S. The van der Waals surface area contributed by atoms with Crippen molar-refractivity contribution in [3.05, 3.63) is 30.1 Å². The van der Waals surface area contributed by atoms with Gasteiger partial charge in [-0.25, -0.2) is 12.8 Å². The lowest BCUT2D eigenvalue weighted by atomic mass is 10.0. The highest BCUT2D eigenvalue weighted by Crippen LogP contribution is 2.21. The maximum atomic E-state index is 12.8. The largest absolute Gasteiger partial charge is 0.381 e. The van der Waals surface area contributed by atoms with Crippen molar-refractivity contribution in [1.82, 2.24) is 5.32 Å². The zero-order valence-electron chi connectivity index (χ0n) is 10.8. The molecule has 19 heavy (non-hydrogen) atoms. The van der Waals surface area contributed by atoms with Gasteiger partial charge in [0.25, 0.3) is 0 Å². The van der Waals surface area contributed by atoms with E-state index in [-0.39, 0.29) is 22.6 Å². The maximum absolute atomic E-state index is 12.8. The zero-order chi connectivity index (χ0) is 13.9. The van der Waals surface area contributed by atoms with Gasteiger partial charge in [-0.1, -0.05) is 0 Å². The molecule has 0 aliphatic carbocycles. The van der Waals surface area contributed by atoms with Crippen LogP contribution in [0.15, 0.2) is 29.2 Å². The van der Waals surface area contributed by atoms with Crippen molar-refractivity contribution >= 4 is 9.84 Å². The van der Waals surface area contributed by atoms with Gasteiger partial charge < -0.3 is 10.1 Å². The van der Waals surface area contributed by atoms with E-state index in [0.717, 1.165) is 6.42 Å². The fraction of sp³-hybridized carbons (Fsp3) is 0.538. The van der Waals surface area contributed by atoms with Gasteiger partial charge in [-0.15, -0.1) is 0 Å². The number of rotatable bonds is 5. The van der Waals surface area contributed by atoms with Gasteiger partial charge >= 0.3 is 0 Å². The van der Waals surface area contributed by atoms with E-state index >= 15 is 0 Å². The number of hydrogen-bond acceptors (Lipinski definition) is 4. The Morgan fingerprint density at radius 1 is 1.42 bits per heavy atom. The molecular weight excluding hydrogens is 269 g/mol. The highest BCUT2D eigenvalue weighted by Gasteiger charge is 2.29. The summed E-state index contributed by atoms with van der Waals surface area (Å²) in [6, 6.07) is 4.81. The molecule has 2 unspecified atom stereocenters. The quantitative estimate of drug-likeness (QED) is 0.828.